The first-order valence-electron chi connectivity index (χ1n) is 8.42. The third-order valence-electron chi connectivity index (χ3n) is 4.81. The molecule has 1 aromatic rings. The van der Waals surface area contributed by atoms with E-state index >= 15 is 0 Å². The lowest BCUT2D eigenvalue weighted by Crippen LogP contribution is -2.28. The van der Waals surface area contributed by atoms with Gasteiger partial charge in [-0.2, -0.15) is 0 Å². The summed E-state index contributed by atoms with van der Waals surface area (Å²) in [5.41, 5.74) is 2.82. The summed E-state index contributed by atoms with van der Waals surface area (Å²) < 4.78 is 0. The van der Waals surface area contributed by atoms with Gasteiger partial charge in [-0.05, 0) is 49.3 Å². The topological polar surface area (TPSA) is 15.3 Å². The van der Waals surface area contributed by atoms with Crippen LogP contribution in [-0.4, -0.2) is 19.1 Å². The number of hydrogen-bond acceptors (Lipinski definition) is 2. The Morgan fingerprint density at radius 1 is 1.15 bits per heavy atom. The maximum absolute atomic E-state index is 3.73. The first kappa shape index (κ1) is 13.9. The molecule has 1 saturated heterocycles. The van der Waals surface area contributed by atoms with E-state index in [0.717, 1.165) is 12.5 Å². The van der Waals surface area contributed by atoms with E-state index in [-0.39, 0.29) is 0 Å². The van der Waals surface area contributed by atoms with Gasteiger partial charge in [-0.25, -0.2) is 0 Å². The van der Waals surface area contributed by atoms with Crippen LogP contribution < -0.4 is 10.2 Å². The summed E-state index contributed by atoms with van der Waals surface area (Å²) in [5, 5.41) is 3.73. The molecule has 2 aliphatic rings. The molecule has 1 atom stereocenters. The van der Waals surface area contributed by atoms with E-state index in [9.17, 15) is 0 Å². The lowest BCUT2D eigenvalue weighted by Gasteiger charge is -2.19. The minimum Gasteiger partial charge on any atom is -0.372 e. The Balaban J connectivity index is 1.49. The van der Waals surface area contributed by atoms with Crippen molar-refractivity contribution >= 4 is 5.69 Å². The maximum atomic E-state index is 3.73. The lowest BCUT2D eigenvalue weighted by atomic mass is 10.1. The van der Waals surface area contributed by atoms with Crippen molar-refractivity contribution in [3.63, 3.8) is 0 Å². The standard InChI is InChI=1S/C18H28N2/c1-2-17(13-15-5-6-15)19-14-16-7-9-18(10-8-16)20-11-3-4-12-20/h7-10,15,17,19H,2-6,11-14H2,1H3. The van der Waals surface area contributed by atoms with Crippen LogP contribution in [-0.2, 0) is 6.54 Å². The van der Waals surface area contributed by atoms with Crippen molar-refractivity contribution in [2.24, 2.45) is 5.92 Å². The fourth-order valence-electron chi connectivity index (χ4n) is 3.21. The first-order valence-corrected chi connectivity index (χ1v) is 8.42. The summed E-state index contributed by atoms with van der Waals surface area (Å²) in [6.07, 6.45) is 8.25. The molecule has 1 saturated carbocycles. The molecule has 0 amide bonds. The van der Waals surface area contributed by atoms with Gasteiger partial charge in [0.15, 0.2) is 0 Å². The zero-order valence-electron chi connectivity index (χ0n) is 12.8. The van der Waals surface area contributed by atoms with Crippen LogP contribution in [0, 0.1) is 5.92 Å². The number of benzene rings is 1. The molecule has 110 valence electrons. The molecule has 0 spiro atoms. The Hall–Kier alpha value is -1.02. The van der Waals surface area contributed by atoms with E-state index in [1.165, 1.54) is 62.9 Å². The Morgan fingerprint density at radius 2 is 1.85 bits per heavy atom. The van der Waals surface area contributed by atoms with Crippen LogP contribution in [0.5, 0.6) is 0 Å². The first-order chi connectivity index (χ1) is 9.85. The summed E-state index contributed by atoms with van der Waals surface area (Å²) in [7, 11) is 0. The summed E-state index contributed by atoms with van der Waals surface area (Å²) in [6, 6.07) is 9.89. The minimum absolute atomic E-state index is 0.709. The lowest BCUT2D eigenvalue weighted by molar-refractivity contribution is 0.445. The number of nitrogens with one attached hydrogen (secondary N) is 1. The quantitative estimate of drug-likeness (QED) is 0.808. The SMILES string of the molecule is CCC(CC1CC1)NCc1ccc(N2CCCC2)cc1. The maximum Gasteiger partial charge on any atom is 0.0366 e. The molecule has 3 rings (SSSR count). The second-order valence-electron chi connectivity index (χ2n) is 6.53. The number of rotatable bonds is 7. The van der Waals surface area contributed by atoms with Gasteiger partial charge in [0, 0.05) is 31.4 Å². The smallest absolute Gasteiger partial charge is 0.0366 e. The molecule has 0 aromatic heterocycles. The van der Waals surface area contributed by atoms with Crippen LogP contribution in [0.25, 0.3) is 0 Å². The summed E-state index contributed by atoms with van der Waals surface area (Å²) >= 11 is 0. The molecule has 2 heteroatoms. The van der Waals surface area contributed by atoms with Crippen LogP contribution in [0.3, 0.4) is 0 Å². The number of hydrogen-bond donors (Lipinski definition) is 1. The highest BCUT2D eigenvalue weighted by Gasteiger charge is 2.24. The number of anilines is 1. The van der Waals surface area contributed by atoms with Crippen LogP contribution in [0.1, 0.15) is 51.0 Å². The van der Waals surface area contributed by atoms with Gasteiger partial charge in [0.1, 0.15) is 0 Å². The van der Waals surface area contributed by atoms with Crippen LogP contribution in [0.4, 0.5) is 5.69 Å². The van der Waals surface area contributed by atoms with Crippen molar-refractivity contribution in [2.75, 3.05) is 18.0 Å². The van der Waals surface area contributed by atoms with Gasteiger partial charge in [0.05, 0.1) is 0 Å². The molecule has 0 bridgehead atoms. The van der Waals surface area contributed by atoms with Gasteiger partial charge >= 0.3 is 0 Å². The summed E-state index contributed by atoms with van der Waals surface area (Å²) in [5.74, 6) is 1.02. The highest BCUT2D eigenvalue weighted by Crippen LogP contribution is 2.34. The third-order valence-corrected chi connectivity index (χ3v) is 4.81. The molecule has 1 N–H and O–H groups in total. The van der Waals surface area contributed by atoms with Crippen LogP contribution in [0.2, 0.25) is 0 Å². The molecule has 2 nitrogen and oxygen atoms in total. The normalized spacial score (nSPS) is 20.4. The predicted octanol–water partition coefficient (Wildman–Crippen LogP) is 3.96. The van der Waals surface area contributed by atoms with E-state index in [1.807, 2.05) is 0 Å². The van der Waals surface area contributed by atoms with Crippen molar-refractivity contribution in [1.29, 1.82) is 0 Å². The summed E-state index contributed by atoms with van der Waals surface area (Å²) in [6.45, 7) is 5.79. The zero-order valence-corrected chi connectivity index (χ0v) is 12.8. The Labute approximate surface area is 123 Å². The van der Waals surface area contributed by atoms with Crippen LogP contribution >= 0.6 is 0 Å². The third kappa shape index (κ3) is 3.76. The molecule has 1 heterocycles. The molecule has 1 aliphatic carbocycles. The molecular formula is C18H28N2. The second kappa shape index (κ2) is 6.62. The molecule has 1 aromatic carbocycles. The van der Waals surface area contributed by atoms with E-state index in [2.05, 4.69) is 41.4 Å². The van der Waals surface area contributed by atoms with Crippen LogP contribution in [0.15, 0.2) is 24.3 Å². The fourth-order valence-corrected chi connectivity index (χ4v) is 3.21. The van der Waals surface area contributed by atoms with E-state index < -0.39 is 0 Å². The van der Waals surface area contributed by atoms with Gasteiger partial charge in [0.2, 0.25) is 0 Å². The molecule has 1 unspecified atom stereocenters. The van der Waals surface area contributed by atoms with E-state index in [4.69, 9.17) is 0 Å². The largest absolute Gasteiger partial charge is 0.372 e. The van der Waals surface area contributed by atoms with Gasteiger partial charge in [-0.3, -0.25) is 0 Å². The zero-order chi connectivity index (χ0) is 13.8. The minimum atomic E-state index is 0.709. The van der Waals surface area contributed by atoms with Crippen molar-refractivity contribution in [1.82, 2.24) is 5.32 Å². The van der Waals surface area contributed by atoms with Gasteiger partial charge in [0.25, 0.3) is 0 Å². The average molecular weight is 272 g/mol. The monoisotopic (exact) mass is 272 g/mol. The molecule has 20 heavy (non-hydrogen) atoms. The molecular weight excluding hydrogens is 244 g/mol. The van der Waals surface area contributed by atoms with E-state index in [1.54, 1.807) is 0 Å². The Bertz CT molecular complexity index is 402. The van der Waals surface area contributed by atoms with Crippen molar-refractivity contribution < 1.29 is 0 Å². The van der Waals surface area contributed by atoms with Crippen molar-refractivity contribution in [3.8, 4) is 0 Å². The van der Waals surface area contributed by atoms with Crippen molar-refractivity contribution in [3.05, 3.63) is 29.8 Å². The molecule has 0 radical (unpaired) electrons. The van der Waals surface area contributed by atoms with E-state index in [0.29, 0.717) is 6.04 Å². The fraction of sp³-hybridized carbons (Fsp3) is 0.667. The average Bonchev–Trinajstić information content (AvgIpc) is 3.14. The van der Waals surface area contributed by atoms with Gasteiger partial charge in [-0.15, -0.1) is 0 Å². The highest BCUT2D eigenvalue weighted by molar-refractivity contribution is 5.48. The predicted molar refractivity (Wildman–Crippen MR) is 86.1 cm³/mol. The molecule has 1 aliphatic heterocycles. The van der Waals surface area contributed by atoms with Gasteiger partial charge < -0.3 is 10.2 Å². The summed E-state index contributed by atoms with van der Waals surface area (Å²) in [4.78, 5) is 2.50. The Kier molecular flexibility index (Phi) is 4.62. The second-order valence-corrected chi connectivity index (χ2v) is 6.53. The number of nitrogens with zero attached hydrogens (tertiary/aromatic N) is 1. The Morgan fingerprint density at radius 3 is 2.45 bits per heavy atom. The van der Waals surface area contributed by atoms with Gasteiger partial charge in [-0.1, -0.05) is 31.9 Å². The molecule has 2 fully saturated rings. The van der Waals surface area contributed by atoms with Crippen molar-refractivity contribution in [2.45, 2.75) is 58.0 Å². The highest BCUT2D eigenvalue weighted by atomic mass is 15.1.